The Labute approximate surface area is 168 Å². The number of hydrogen-bond acceptors (Lipinski definition) is 4. The molecule has 0 bridgehead atoms. The Hall–Kier alpha value is -2.12. The Bertz CT molecular complexity index is 621. The summed E-state index contributed by atoms with van der Waals surface area (Å²) in [5, 5.41) is 8.47. The van der Waals surface area contributed by atoms with Crippen molar-refractivity contribution in [1.82, 2.24) is 15.5 Å². The minimum absolute atomic E-state index is 0.0255. The molecule has 1 fully saturated rings. The third-order valence-electron chi connectivity index (χ3n) is 4.62. The number of carbonyl (C=O) groups excluding carboxylic acids is 2. The van der Waals surface area contributed by atoms with Crippen molar-refractivity contribution < 1.29 is 14.3 Å². The number of amides is 3. The molecule has 3 amide bonds. The van der Waals surface area contributed by atoms with E-state index in [0.29, 0.717) is 24.8 Å². The molecule has 7 nitrogen and oxygen atoms in total. The van der Waals surface area contributed by atoms with Crippen LogP contribution in [0.25, 0.3) is 0 Å². The lowest BCUT2D eigenvalue weighted by Gasteiger charge is -2.34. The number of benzene rings is 1. The Morgan fingerprint density at radius 3 is 2.54 bits per heavy atom. The van der Waals surface area contributed by atoms with E-state index in [9.17, 15) is 9.59 Å². The molecule has 7 heteroatoms. The van der Waals surface area contributed by atoms with Crippen LogP contribution in [0.5, 0.6) is 0 Å². The van der Waals surface area contributed by atoms with Crippen LogP contribution >= 0.6 is 0 Å². The summed E-state index contributed by atoms with van der Waals surface area (Å²) >= 11 is 0. The zero-order valence-electron chi connectivity index (χ0n) is 17.4. The van der Waals surface area contributed by atoms with Crippen LogP contribution in [0.15, 0.2) is 30.3 Å². The quantitative estimate of drug-likeness (QED) is 0.636. The maximum absolute atomic E-state index is 12.7. The van der Waals surface area contributed by atoms with Gasteiger partial charge in [-0.1, -0.05) is 45.9 Å². The second-order valence-corrected chi connectivity index (χ2v) is 8.08. The van der Waals surface area contributed by atoms with Gasteiger partial charge in [-0.3, -0.25) is 9.69 Å². The van der Waals surface area contributed by atoms with E-state index in [2.05, 4.69) is 34.7 Å². The minimum atomic E-state index is -0.612. The van der Waals surface area contributed by atoms with Crippen molar-refractivity contribution in [2.45, 2.75) is 39.8 Å². The van der Waals surface area contributed by atoms with Crippen molar-refractivity contribution in [3.05, 3.63) is 30.3 Å². The number of carbonyl (C=O) groups is 2. The minimum Gasteiger partial charge on any atom is -0.374 e. The van der Waals surface area contributed by atoms with Gasteiger partial charge in [0.15, 0.2) is 0 Å². The summed E-state index contributed by atoms with van der Waals surface area (Å²) in [4.78, 5) is 27.3. The fourth-order valence-corrected chi connectivity index (χ4v) is 3.28. The first-order valence-corrected chi connectivity index (χ1v) is 10.1. The molecule has 1 aromatic carbocycles. The van der Waals surface area contributed by atoms with Gasteiger partial charge in [0.05, 0.1) is 12.7 Å². The van der Waals surface area contributed by atoms with Crippen LogP contribution in [-0.4, -0.2) is 61.8 Å². The van der Waals surface area contributed by atoms with Gasteiger partial charge in [0.1, 0.15) is 6.04 Å². The van der Waals surface area contributed by atoms with Gasteiger partial charge in [-0.15, -0.1) is 0 Å². The number of para-hydroxylation sites is 1. The number of anilines is 1. The first-order valence-electron chi connectivity index (χ1n) is 10.1. The second kappa shape index (κ2) is 11.0. The monoisotopic (exact) mass is 390 g/mol. The van der Waals surface area contributed by atoms with E-state index in [4.69, 9.17) is 4.74 Å². The number of ether oxygens (including phenoxy) is 1. The van der Waals surface area contributed by atoms with Crippen molar-refractivity contribution >= 4 is 17.6 Å². The molecule has 2 atom stereocenters. The average molecular weight is 391 g/mol. The summed E-state index contributed by atoms with van der Waals surface area (Å²) in [6.07, 6.45) is -0.0255. The summed E-state index contributed by atoms with van der Waals surface area (Å²) in [7, 11) is 0. The van der Waals surface area contributed by atoms with Crippen molar-refractivity contribution in [1.29, 1.82) is 0 Å². The van der Waals surface area contributed by atoms with Gasteiger partial charge < -0.3 is 20.7 Å². The highest BCUT2D eigenvalue weighted by atomic mass is 16.5. The molecule has 2 rings (SSSR count). The Balaban J connectivity index is 1.82. The number of hydrogen-bond donors (Lipinski definition) is 3. The van der Waals surface area contributed by atoms with Crippen LogP contribution in [0.1, 0.15) is 27.7 Å². The molecule has 156 valence electrons. The molecule has 0 aromatic heterocycles. The highest BCUT2D eigenvalue weighted by molar-refractivity contribution is 5.93. The molecule has 0 saturated carbocycles. The van der Waals surface area contributed by atoms with Gasteiger partial charge in [-0.2, -0.15) is 0 Å². The summed E-state index contributed by atoms with van der Waals surface area (Å²) < 4.78 is 5.78. The summed E-state index contributed by atoms with van der Waals surface area (Å²) in [5.74, 6) is 0.375. The highest BCUT2D eigenvalue weighted by Crippen LogP contribution is 2.09. The molecule has 0 aliphatic carbocycles. The fourth-order valence-electron chi connectivity index (χ4n) is 3.28. The molecule has 1 heterocycles. The van der Waals surface area contributed by atoms with Crippen LogP contribution in [0.4, 0.5) is 10.5 Å². The maximum atomic E-state index is 12.7. The molecule has 28 heavy (non-hydrogen) atoms. The SMILES string of the molecule is CC(C)CN1CCOC(CNC(=O)C(NC(=O)Nc2ccccc2)C(C)C)C1. The molecular weight excluding hydrogens is 356 g/mol. The van der Waals surface area contributed by atoms with E-state index < -0.39 is 12.1 Å². The number of urea groups is 1. The van der Waals surface area contributed by atoms with Crippen molar-refractivity contribution in [2.24, 2.45) is 11.8 Å². The largest absolute Gasteiger partial charge is 0.374 e. The predicted molar refractivity (Wildman–Crippen MR) is 111 cm³/mol. The zero-order chi connectivity index (χ0) is 20.5. The van der Waals surface area contributed by atoms with Gasteiger partial charge in [0.2, 0.25) is 5.91 Å². The topological polar surface area (TPSA) is 82.7 Å². The van der Waals surface area contributed by atoms with E-state index in [1.807, 2.05) is 32.0 Å². The Kier molecular flexibility index (Phi) is 8.73. The van der Waals surface area contributed by atoms with Crippen molar-refractivity contribution in [3.8, 4) is 0 Å². The van der Waals surface area contributed by atoms with E-state index in [1.165, 1.54) is 0 Å². The molecule has 2 unspecified atom stereocenters. The molecule has 3 N–H and O–H groups in total. The summed E-state index contributed by atoms with van der Waals surface area (Å²) in [5.41, 5.74) is 0.684. The summed E-state index contributed by atoms with van der Waals surface area (Å²) in [6.45, 7) is 12.1. The molecule has 1 aliphatic heterocycles. The molecular formula is C21H34N4O3. The van der Waals surface area contributed by atoms with E-state index in [-0.39, 0.29) is 17.9 Å². The average Bonchev–Trinajstić information content (AvgIpc) is 2.64. The van der Waals surface area contributed by atoms with Crippen LogP contribution in [0, 0.1) is 11.8 Å². The molecule has 0 radical (unpaired) electrons. The van der Waals surface area contributed by atoms with Gasteiger partial charge in [-0.05, 0) is 24.0 Å². The number of rotatable bonds is 8. The van der Waals surface area contributed by atoms with Gasteiger partial charge in [-0.25, -0.2) is 4.79 Å². The molecule has 1 aliphatic rings. The van der Waals surface area contributed by atoms with E-state index in [0.717, 1.165) is 19.6 Å². The molecule has 1 saturated heterocycles. The molecule has 1 aromatic rings. The van der Waals surface area contributed by atoms with Gasteiger partial charge in [0.25, 0.3) is 0 Å². The third kappa shape index (κ3) is 7.48. The lowest BCUT2D eigenvalue weighted by molar-refractivity contribution is -0.125. The summed E-state index contributed by atoms with van der Waals surface area (Å²) in [6, 6.07) is 8.16. The third-order valence-corrected chi connectivity index (χ3v) is 4.62. The number of morpholine rings is 1. The Morgan fingerprint density at radius 1 is 1.18 bits per heavy atom. The maximum Gasteiger partial charge on any atom is 0.319 e. The van der Waals surface area contributed by atoms with Crippen LogP contribution in [0.3, 0.4) is 0 Å². The van der Waals surface area contributed by atoms with E-state index in [1.54, 1.807) is 12.1 Å². The zero-order valence-corrected chi connectivity index (χ0v) is 17.4. The lowest BCUT2D eigenvalue weighted by atomic mass is 10.0. The standard InChI is InChI=1S/C21H34N4O3/c1-15(2)13-25-10-11-28-18(14-25)12-22-20(26)19(16(3)4)24-21(27)23-17-8-6-5-7-9-17/h5-9,15-16,18-19H,10-14H2,1-4H3,(H,22,26)(H2,23,24,27). The van der Waals surface area contributed by atoms with Crippen molar-refractivity contribution in [2.75, 3.05) is 38.1 Å². The smallest absolute Gasteiger partial charge is 0.319 e. The molecule has 0 spiro atoms. The highest BCUT2D eigenvalue weighted by Gasteiger charge is 2.26. The lowest BCUT2D eigenvalue weighted by Crippen LogP contribution is -2.54. The number of nitrogens with zero attached hydrogens (tertiary/aromatic N) is 1. The normalized spacial score (nSPS) is 18.7. The fraction of sp³-hybridized carbons (Fsp3) is 0.619. The van der Waals surface area contributed by atoms with Crippen LogP contribution in [0.2, 0.25) is 0 Å². The first kappa shape index (κ1) is 22.2. The van der Waals surface area contributed by atoms with Crippen LogP contribution < -0.4 is 16.0 Å². The van der Waals surface area contributed by atoms with Gasteiger partial charge >= 0.3 is 6.03 Å². The van der Waals surface area contributed by atoms with Crippen LogP contribution in [-0.2, 0) is 9.53 Å². The predicted octanol–water partition coefficient (Wildman–Crippen LogP) is 2.31. The Morgan fingerprint density at radius 2 is 1.89 bits per heavy atom. The van der Waals surface area contributed by atoms with E-state index >= 15 is 0 Å². The second-order valence-electron chi connectivity index (χ2n) is 8.08. The number of nitrogens with one attached hydrogen (secondary N) is 3. The first-order chi connectivity index (χ1) is 13.3. The van der Waals surface area contributed by atoms with Crippen molar-refractivity contribution in [3.63, 3.8) is 0 Å². The van der Waals surface area contributed by atoms with Gasteiger partial charge in [0, 0.05) is 31.9 Å².